The molecule has 0 radical (unpaired) electrons. The molecule has 1 aromatic carbocycles. The van der Waals surface area contributed by atoms with Gasteiger partial charge in [-0.2, -0.15) is 0 Å². The van der Waals surface area contributed by atoms with E-state index in [-0.39, 0.29) is 12.2 Å². The van der Waals surface area contributed by atoms with Crippen LogP contribution in [-0.4, -0.2) is 71.1 Å². The quantitative estimate of drug-likeness (QED) is 0.660. The number of aromatic carboxylic acids is 1. The number of piperidine rings is 2. The van der Waals surface area contributed by atoms with Crippen molar-refractivity contribution < 1.29 is 15.0 Å². The first kappa shape index (κ1) is 22.1. The molecular weight excluding hydrogens is 410 g/mol. The van der Waals surface area contributed by atoms with E-state index >= 15 is 0 Å². The number of thioether (sulfide) groups is 1. The molecule has 0 unspecified atom stereocenters. The molecule has 2 aliphatic rings. The summed E-state index contributed by atoms with van der Waals surface area (Å²) in [5, 5.41) is 19.3. The Bertz CT molecular complexity index is 897. The zero-order valence-electron chi connectivity index (χ0n) is 18.0. The Hall–Kier alpha value is -2.09. The van der Waals surface area contributed by atoms with Gasteiger partial charge in [0.25, 0.3) is 0 Å². The van der Waals surface area contributed by atoms with Crippen molar-refractivity contribution in [2.24, 2.45) is 5.92 Å². The Labute approximate surface area is 188 Å². The first-order chi connectivity index (χ1) is 15.1. The smallest absolute Gasteiger partial charge is 0.339 e. The van der Waals surface area contributed by atoms with Gasteiger partial charge in [0.05, 0.1) is 5.69 Å². The number of aromatic nitrogens is 1. The Morgan fingerprint density at radius 1 is 1.10 bits per heavy atom. The van der Waals surface area contributed by atoms with Gasteiger partial charge in [-0.05, 0) is 68.7 Å². The summed E-state index contributed by atoms with van der Waals surface area (Å²) in [6.07, 6.45) is 6.29. The topological polar surface area (TPSA) is 76.9 Å². The van der Waals surface area contributed by atoms with Gasteiger partial charge >= 0.3 is 5.97 Å². The third-order valence-corrected chi connectivity index (χ3v) is 7.32. The molecule has 3 heterocycles. The van der Waals surface area contributed by atoms with Crippen molar-refractivity contribution in [3.8, 4) is 11.3 Å². The van der Waals surface area contributed by atoms with Crippen LogP contribution in [0, 0.1) is 5.92 Å². The molecule has 7 heteroatoms. The summed E-state index contributed by atoms with van der Waals surface area (Å²) >= 11 is 1.69. The minimum absolute atomic E-state index is 0.265. The van der Waals surface area contributed by atoms with Crippen LogP contribution in [0.4, 0.5) is 5.82 Å². The molecule has 2 aromatic rings. The van der Waals surface area contributed by atoms with Crippen molar-refractivity contribution >= 4 is 23.5 Å². The maximum Gasteiger partial charge on any atom is 0.339 e. The maximum absolute atomic E-state index is 11.9. The van der Waals surface area contributed by atoms with E-state index in [1.807, 2.05) is 18.4 Å². The first-order valence-corrected chi connectivity index (χ1v) is 12.3. The lowest BCUT2D eigenvalue weighted by atomic mass is 9.94. The van der Waals surface area contributed by atoms with Gasteiger partial charge in [-0.25, -0.2) is 9.78 Å². The van der Waals surface area contributed by atoms with Gasteiger partial charge in [0.1, 0.15) is 11.4 Å². The van der Waals surface area contributed by atoms with Crippen molar-refractivity contribution in [3.05, 3.63) is 42.0 Å². The van der Waals surface area contributed by atoms with E-state index in [4.69, 9.17) is 4.98 Å². The van der Waals surface area contributed by atoms with Crippen LogP contribution in [0.15, 0.2) is 41.3 Å². The molecule has 1 aromatic heterocycles. The number of nitrogens with zero attached hydrogens (tertiary/aromatic N) is 3. The van der Waals surface area contributed by atoms with Crippen LogP contribution >= 0.6 is 11.8 Å². The van der Waals surface area contributed by atoms with Crippen molar-refractivity contribution in [1.29, 1.82) is 0 Å². The summed E-state index contributed by atoms with van der Waals surface area (Å²) in [4.78, 5) is 22.5. The molecule has 0 spiro atoms. The minimum atomic E-state index is -0.935. The van der Waals surface area contributed by atoms with Crippen LogP contribution in [0.25, 0.3) is 11.3 Å². The minimum Gasteiger partial charge on any atom is -0.478 e. The van der Waals surface area contributed by atoms with Crippen LogP contribution in [-0.2, 0) is 0 Å². The average Bonchev–Trinajstić information content (AvgIpc) is 2.84. The second-order valence-electron chi connectivity index (χ2n) is 8.51. The molecule has 0 saturated carbocycles. The van der Waals surface area contributed by atoms with Gasteiger partial charge in [0.15, 0.2) is 0 Å². The highest BCUT2D eigenvalue weighted by Crippen LogP contribution is 2.30. The number of likely N-dealkylation sites (tertiary alicyclic amines) is 1. The first-order valence-electron chi connectivity index (χ1n) is 11.1. The van der Waals surface area contributed by atoms with Gasteiger partial charge in [-0.15, -0.1) is 11.8 Å². The van der Waals surface area contributed by atoms with E-state index in [2.05, 4.69) is 21.9 Å². The second kappa shape index (κ2) is 10.0. The molecule has 2 fully saturated rings. The second-order valence-corrected chi connectivity index (χ2v) is 9.38. The average molecular weight is 442 g/mol. The van der Waals surface area contributed by atoms with E-state index in [0.717, 1.165) is 63.1 Å². The summed E-state index contributed by atoms with van der Waals surface area (Å²) in [6.45, 7) is 3.94. The standard InChI is InChI=1S/C24H31N3O3S/c1-31-20-6-4-18(5-7-20)22-9-8-21(24(29)30)23(25-22)26-13-10-19(11-14-26)27-12-2-3-17(15-27)16-28/h4-9,17,19,28H,2-3,10-16H2,1H3,(H,29,30)/t17-/m1/s1. The molecule has 31 heavy (non-hydrogen) atoms. The molecule has 0 bridgehead atoms. The summed E-state index contributed by atoms with van der Waals surface area (Å²) in [5.74, 6) is 0.0289. The number of rotatable bonds is 6. The number of aliphatic hydroxyl groups is 1. The molecule has 2 aliphatic heterocycles. The SMILES string of the molecule is CSc1ccc(-c2ccc(C(=O)O)c(N3CCC(N4CCC[C@@H](CO)C4)CC3)n2)cc1. The lowest BCUT2D eigenvalue weighted by molar-refractivity contribution is 0.0696. The Kier molecular flexibility index (Phi) is 7.15. The predicted octanol–water partition coefficient (Wildman–Crippen LogP) is 3.84. The highest BCUT2D eigenvalue weighted by molar-refractivity contribution is 7.98. The number of carboxylic acid groups (broad SMARTS) is 1. The fourth-order valence-electron chi connectivity index (χ4n) is 4.80. The van der Waals surface area contributed by atoms with Gasteiger partial charge in [0, 0.05) is 42.7 Å². The zero-order chi connectivity index (χ0) is 21.8. The summed E-state index contributed by atoms with van der Waals surface area (Å²) in [7, 11) is 0. The summed E-state index contributed by atoms with van der Waals surface area (Å²) in [6, 6.07) is 12.2. The van der Waals surface area contributed by atoms with Crippen LogP contribution in [0.1, 0.15) is 36.0 Å². The van der Waals surface area contributed by atoms with Gasteiger partial charge in [-0.1, -0.05) is 12.1 Å². The van der Waals surface area contributed by atoms with E-state index in [0.29, 0.717) is 17.8 Å². The molecule has 166 valence electrons. The van der Waals surface area contributed by atoms with Crippen LogP contribution in [0.3, 0.4) is 0 Å². The molecule has 0 amide bonds. The number of carbonyl (C=O) groups is 1. The number of pyridine rings is 1. The molecule has 2 N–H and O–H groups in total. The van der Waals surface area contributed by atoms with Crippen molar-refractivity contribution in [3.63, 3.8) is 0 Å². The van der Waals surface area contributed by atoms with Gasteiger partial charge in [0.2, 0.25) is 0 Å². The number of anilines is 1. The number of aliphatic hydroxyl groups excluding tert-OH is 1. The number of hydrogen-bond donors (Lipinski definition) is 2. The van der Waals surface area contributed by atoms with Gasteiger partial charge in [-0.3, -0.25) is 4.90 Å². The van der Waals surface area contributed by atoms with Gasteiger partial charge < -0.3 is 15.1 Å². The molecule has 0 aliphatic carbocycles. The summed E-state index contributed by atoms with van der Waals surface area (Å²) in [5.41, 5.74) is 2.06. The third-order valence-electron chi connectivity index (χ3n) is 6.58. The zero-order valence-corrected chi connectivity index (χ0v) is 18.9. The Morgan fingerprint density at radius 3 is 2.48 bits per heavy atom. The van der Waals surface area contributed by atoms with Crippen molar-refractivity contribution in [2.75, 3.05) is 43.9 Å². The number of carboxylic acids is 1. The molecule has 6 nitrogen and oxygen atoms in total. The Balaban J connectivity index is 1.51. The molecule has 4 rings (SSSR count). The highest BCUT2D eigenvalue weighted by Gasteiger charge is 2.30. The number of hydrogen-bond acceptors (Lipinski definition) is 6. The van der Waals surface area contributed by atoms with Crippen LogP contribution in [0.5, 0.6) is 0 Å². The lowest BCUT2D eigenvalue weighted by Crippen LogP contribution is -2.49. The van der Waals surface area contributed by atoms with Crippen LogP contribution in [0.2, 0.25) is 0 Å². The molecule has 1 atom stereocenters. The normalized spacial score (nSPS) is 20.7. The molecular formula is C24H31N3O3S. The maximum atomic E-state index is 11.9. The van der Waals surface area contributed by atoms with Crippen molar-refractivity contribution in [2.45, 2.75) is 36.6 Å². The summed E-state index contributed by atoms with van der Waals surface area (Å²) < 4.78 is 0. The number of benzene rings is 1. The third kappa shape index (κ3) is 5.05. The lowest BCUT2D eigenvalue weighted by Gasteiger charge is -2.42. The highest BCUT2D eigenvalue weighted by atomic mass is 32.2. The fourth-order valence-corrected chi connectivity index (χ4v) is 5.21. The van der Waals surface area contributed by atoms with Crippen LogP contribution < -0.4 is 4.90 Å². The van der Waals surface area contributed by atoms with E-state index in [1.54, 1.807) is 23.9 Å². The van der Waals surface area contributed by atoms with E-state index in [9.17, 15) is 15.0 Å². The molecule has 2 saturated heterocycles. The largest absolute Gasteiger partial charge is 0.478 e. The fraction of sp³-hybridized carbons (Fsp3) is 0.500. The Morgan fingerprint density at radius 2 is 1.84 bits per heavy atom. The van der Waals surface area contributed by atoms with Crippen molar-refractivity contribution in [1.82, 2.24) is 9.88 Å². The predicted molar refractivity (Wildman–Crippen MR) is 125 cm³/mol. The monoisotopic (exact) mass is 441 g/mol. The van der Waals surface area contributed by atoms with E-state index in [1.165, 1.54) is 4.90 Å². The van der Waals surface area contributed by atoms with E-state index < -0.39 is 5.97 Å².